The number of benzene rings is 1. The van der Waals surface area contributed by atoms with Gasteiger partial charge in [-0.15, -0.1) is 0 Å². The first-order valence-corrected chi connectivity index (χ1v) is 11.6. The maximum atomic E-state index is 13.6. The Hall–Kier alpha value is -4.01. The smallest absolute Gasteiger partial charge is 0.287 e. The van der Waals surface area contributed by atoms with Crippen LogP contribution in [0.1, 0.15) is 53.6 Å². The van der Waals surface area contributed by atoms with Gasteiger partial charge in [0.25, 0.3) is 5.91 Å². The lowest BCUT2D eigenvalue weighted by atomic mass is 10.0. The van der Waals surface area contributed by atoms with Gasteiger partial charge in [-0.1, -0.05) is 25.0 Å². The predicted molar refractivity (Wildman–Crippen MR) is 126 cm³/mol. The van der Waals surface area contributed by atoms with Gasteiger partial charge >= 0.3 is 0 Å². The summed E-state index contributed by atoms with van der Waals surface area (Å²) in [7, 11) is 1.54. The van der Waals surface area contributed by atoms with E-state index in [1.54, 1.807) is 49.6 Å². The molecule has 9 heteroatoms. The number of nitrogens with one attached hydrogen (secondary N) is 2. The zero-order valence-electron chi connectivity index (χ0n) is 19.6. The van der Waals surface area contributed by atoms with E-state index >= 15 is 0 Å². The van der Waals surface area contributed by atoms with Crippen molar-refractivity contribution in [3.8, 4) is 5.75 Å². The molecule has 1 saturated carbocycles. The van der Waals surface area contributed by atoms with Crippen LogP contribution in [-0.2, 0) is 16.1 Å². The number of amides is 3. The average molecular weight is 480 g/mol. The minimum Gasteiger partial charge on any atom is -0.497 e. The molecule has 2 heterocycles. The summed E-state index contributed by atoms with van der Waals surface area (Å²) >= 11 is 0. The van der Waals surface area contributed by atoms with Gasteiger partial charge in [0.15, 0.2) is 5.76 Å². The standard InChI is InChI=1S/C26H29N3O6/c1-33-20-10-4-7-18(15-20)24(26(32)28-19-8-2-3-9-19)29(17-21-11-5-13-34-21)23(30)16-27-25(31)22-12-6-14-35-22/h4-7,10-15,19,24H,2-3,8-9,16-17H2,1H3,(H,27,31)(H,28,32)/t24-/m1/s1. The van der Waals surface area contributed by atoms with E-state index in [4.69, 9.17) is 13.6 Å². The normalized spacial score (nSPS) is 14.3. The van der Waals surface area contributed by atoms with Gasteiger partial charge < -0.3 is 29.1 Å². The van der Waals surface area contributed by atoms with Crippen molar-refractivity contribution in [2.24, 2.45) is 0 Å². The fourth-order valence-electron chi connectivity index (χ4n) is 4.28. The molecular formula is C26H29N3O6. The van der Waals surface area contributed by atoms with E-state index in [2.05, 4.69) is 10.6 Å². The van der Waals surface area contributed by atoms with Gasteiger partial charge in [0.2, 0.25) is 11.8 Å². The minimum atomic E-state index is -0.955. The molecule has 0 aliphatic heterocycles. The molecule has 3 amide bonds. The molecule has 1 aliphatic rings. The molecule has 4 rings (SSSR count). The topological polar surface area (TPSA) is 114 Å². The molecule has 1 aromatic carbocycles. The lowest BCUT2D eigenvalue weighted by Crippen LogP contribution is -2.48. The van der Waals surface area contributed by atoms with Gasteiger partial charge in [0.05, 0.1) is 32.7 Å². The number of rotatable bonds is 10. The van der Waals surface area contributed by atoms with Crippen LogP contribution in [0.3, 0.4) is 0 Å². The van der Waals surface area contributed by atoms with E-state index in [-0.39, 0.29) is 30.8 Å². The fraction of sp³-hybridized carbons (Fsp3) is 0.346. The maximum Gasteiger partial charge on any atom is 0.287 e. The Bertz CT molecular complexity index is 1120. The molecule has 2 aromatic heterocycles. The number of hydrogen-bond acceptors (Lipinski definition) is 6. The monoisotopic (exact) mass is 479 g/mol. The second-order valence-electron chi connectivity index (χ2n) is 8.43. The third-order valence-corrected chi connectivity index (χ3v) is 6.04. The van der Waals surface area contributed by atoms with Crippen molar-refractivity contribution < 1.29 is 28.0 Å². The first kappa shape index (κ1) is 24.1. The number of carbonyl (C=O) groups is 3. The van der Waals surface area contributed by atoms with Crippen molar-refractivity contribution in [2.45, 2.75) is 44.3 Å². The molecule has 0 unspecified atom stereocenters. The molecule has 0 saturated heterocycles. The van der Waals surface area contributed by atoms with Crippen molar-refractivity contribution in [1.29, 1.82) is 0 Å². The Morgan fingerprint density at radius 2 is 1.83 bits per heavy atom. The number of ether oxygens (including phenoxy) is 1. The van der Waals surface area contributed by atoms with Crippen LogP contribution < -0.4 is 15.4 Å². The van der Waals surface area contributed by atoms with E-state index in [9.17, 15) is 14.4 Å². The molecule has 0 spiro atoms. The van der Waals surface area contributed by atoms with Crippen molar-refractivity contribution in [2.75, 3.05) is 13.7 Å². The first-order chi connectivity index (χ1) is 17.0. The second kappa shape index (κ2) is 11.4. The fourth-order valence-corrected chi connectivity index (χ4v) is 4.28. The van der Waals surface area contributed by atoms with Gasteiger partial charge in [0, 0.05) is 6.04 Å². The van der Waals surface area contributed by atoms with Crippen LogP contribution in [0.2, 0.25) is 0 Å². The van der Waals surface area contributed by atoms with Crippen molar-refractivity contribution in [3.63, 3.8) is 0 Å². The molecule has 3 aromatic rings. The summed E-state index contributed by atoms with van der Waals surface area (Å²) in [6.45, 7) is -0.278. The molecule has 1 aliphatic carbocycles. The van der Waals surface area contributed by atoms with Crippen LogP contribution in [0.5, 0.6) is 5.75 Å². The van der Waals surface area contributed by atoms with Crippen LogP contribution in [0, 0.1) is 0 Å². The Morgan fingerprint density at radius 1 is 1.06 bits per heavy atom. The lowest BCUT2D eigenvalue weighted by Gasteiger charge is -2.32. The van der Waals surface area contributed by atoms with Gasteiger partial charge in [0.1, 0.15) is 17.6 Å². The first-order valence-electron chi connectivity index (χ1n) is 11.6. The van der Waals surface area contributed by atoms with Crippen LogP contribution in [0.4, 0.5) is 0 Å². The minimum absolute atomic E-state index is 0.0441. The molecule has 9 nitrogen and oxygen atoms in total. The van der Waals surface area contributed by atoms with Gasteiger partial charge in [-0.2, -0.15) is 0 Å². The highest BCUT2D eigenvalue weighted by atomic mass is 16.5. The summed E-state index contributed by atoms with van der Waals surface area (Å²) in [6, 6.07) is 12.7. The zero-order chi connectivity index (χ0) is 24.6. The summed E-state index contributed by atoms with van der Waals surface area (Å²) in [5.74, 6) is -0.0820. The summed E-state index contributed by atoms with van der Waals surface area (Å²) in [4.78, 5) is 40.9. The largest absolute Gasteiger partial charge is 0.497 e. The predicted octanol–water partition coefficient (Wildman–Crippen LogP) is 3.44. The Morgan fingerprint density at radius 3 is 2.51 bits per heavy atom. The SMILES string of the molecule is COc1cccc([C@H](C(=O)NC2CCCC2)N(Cc2ccco2)C(=O)CNC(=O)c2ccco2)c1. The van der Waals surface area contributed by atoms with E-state index in [1.165, 1.54) is 23.5 Å². The van der Waals surface area contributed by atoms with Crippen LogP contribution in [-0.4, -0.2) is 42.3 Å². The third-order valence-electron chi connectivity index (χ3n) is 6.04. The highest BCUT2D eigenvalue weighted by molar-refractivity contribution is 5.95. The van der Waals surface area contributed by atoms with Crippen LogP contribution in [0.25, 0.3) is 0 Å². The maximum absolute atomic E-state index is 13.6. The number of methoxy groups -OCH3 is 1. The van der Waals surface area contributed by atoms with Crippen LogP contribution >= 0.6 is 0 Å². The quantitative estimate of drug-likeness (QED) is 0.461. The Kier molecular flexibility index (Phi) is 7.87. The van der Waals surface area contributed by atoms with Gasteiger partial charge in [-0.05, 0) is 54.8 Å². The Labute approximate surface area is 203 Å². The number of nitrogens with zero attached hydrogens (tertiary/aromatic N) is 1. The van der Waals surface area contributed by atoms with Crippen molar-refractivity contribution >= 4 is 17.7 Å². The van der Waals surface area contributed by atoms with Crippen molar-refractivity contribution in [1.82, 2.24) is 15.5 Å². The summed E-state index contributed by atoms with van der Waals surface area (Å²) in [6.07, 6.45) is 6.82. The van der Waals surface area contributed by atoms with Gasteiger partial charge in [-0.3, -0.25) is 14.4 Å². The molecule has 35 heavy (non-hydrogen) atoms. The number of furan rings is 2. The highest BCUT2D eigenvalue weighted by Crippen LogP contribution is 2.28. The van der Waals surface area contributed by atoms with E-state index in [0.717, 1.165) is 25.7 Å². The summed E-state index contributed by atoms with van der Waals surface area (Å²) in [5, 5.41) is 5.69. The van der Waals surface area contributed by atoms with Crippen molar-refractivity contribution in [3.05, 3.63) is 78.1 Å². The molecule has 184 valence electrons. The summed E-state index contributed by atoms with van der Waals surface area (Å²) in [5.41, 5.74) is 0.595. The zero-order valence-corrected chi connectivity index (χ0v) is 19.6. The second-order valence-corrected chi connectivity index (χ2v) is 8.43. The molecule has 2 N–H and O–H groups in total. The van der Waals surface area contributed by atoms with E-state index in [1.807, 2.05) is 0 Å². The Balaban J connectivity index is 1.63. The number of hydrogen-bond donors (Lipinski definition) is 2. The average Bonchev–Trinajstić information content (AvgIpc) is 3.66. The third kappa shape index (κ3) is 6.11. The molecule has 0 bridgehead atoms. The summed E-state index contributed by atoms with van der Waals surface area (Å²) < 4.78 is 16.0. The van der Waals surface area contributed by atoms with Gasteiger partial charge in [-0.25, -0.2) is 0 Å². The molecule has 1 atom stereocenters. The molecule has 0 radical (unpaired) electrons. The molecular weight excluding hydrogens is 450 g/mol. The highest BCUT2D eigenvalue weighted by Gasteiger charge is 2.34. The number of carbonyl (C=O) groups excluding carboxylic acids is 3. The lowest BCUT2D eigenvalue weighted by molar-refractivity contribution is -0.141. The van der Waals surface area contributed by atoms with E-state index in [0.29, 0.717) is 17.1 Å². The van der Waals surface area contributed by atoms with E-state index < -0.39 is 17.9 Å². The van der Waals surface area contributed by atoms with Crippen LogP contribution in [0.15, 0.2) is 69.9 Å². The molecule has 1 fully saturated rings.